The van der Waals surface area contributed by atoms with E-state index in [1.54, 1.807) is 23.4 Å². The van der Waals surface area contributed by atoms with Gasteiger partial charge in [-0.15, -0.1) is 0 Å². The van der Waals surface area contributed by atoms with Gasteiger partial charge in [0.05, 0.1) is 22.9 Å². The number of hydrogen-bond acceptors (Lipinski definition) is 6. The van der Waals surface area contributed by atoms with Gasteiger partial charge in [0, 0.05) is 44.8 Å². The summed E-state index contributed by atoms with van der Waals surface area (Å²) in [4.78, 5) is 23.9. The Morgan fingerprint density at radius 2 is 2.15 bits per heavy atom. The number of carbonyl (C=O) groups excluding carboxylic acids is 1. The molecule has 2 aromatic heterocycles. The van der Waals surface area contributed by atoms with Gasteiger partial charge in [0.15, 0.2) is 6.29 Å². The molecule has 1 amide bonds. The van der Waals surface area contributed by atoms with Gasteiger partial charge >= 0.3 is 0 Å². The van der Waals surface area contributed by atoms with Crippen molar-refractivity contribution in [2.45, 2.75) is 57.8 Å². The molecule has 2 aliphatic rings. The van der Waals surface area contributed by atoms with E-state index < -0.39 is 8.07 Å². The van der Waals surface area contributed by atoms with Crippen LogP contribution in [-0.2, 0) is 25.6 Å². The van der Waals surface area contributed by atoms with Crippen LogP contribution in [0.25, 0.3) is 11.6 Å². The number of carbonyl (C=O) groups is 1. The van der Waals surface area contributed by atoms with Crippen LogP contribution in [0.3, 0.4) is 0 Å². The number of pyridine rings is 2. The summed E-state index contributed by atoms with van der Waals surface area (Å²) in [6.07, 6.45) is 7.85. The van der Waals surface area contributed by atoms with Crippen molar-refractivity contribution in [3.05, 3.63) is 52.4 Å². The van der Waals surface area contributed by atoms with Gasteiger partial charge in [-0.1, -0.05) is 31.2 Å². The lowest BCUT2D eigenvalue weighted by atomic mass is 10.1. The lowest BCUT2D eigenvalue weighted by Crippen LogP contribution is -2.31. The van der Waals surface area contributed by atoms with Gasteiger partial charge in [-0.05, 0) is 49.6 Å². The van der Waals surface area contributed by atoms with Crippen LogP contribution in [0.2, 0.25) is 30.7 Å². The highest BCUT2D eigenvalue weighted by Crippen LogP contribution is 2.36. The monoisotopic (exact) mass is 501 g/mol. The van der Waals surface area contributed by atoms with Gasteiger partial charge in [0.1, 0.15) is 12.5 Å². The first-order valence-corrected chi connectivity index (χ1v) is 15.8. The Hall–Kier alpha value is -2.10. The molecule has 0 N–H and O–H groups in total. The maximum Gasteiger partial charge on any atom is 0.262 e. The predicted octanol–water partition coefficient (Wildman–Crippen LogP) is 5.37. The number of aromatic nitrogens is 2. The smallest absolute Gasteiger partial charge is 0.262 e. The molecule has 1 fully saturated rings. The lowest BCUT2D eigenvalue weighted by molar-refractivity contribution is -0.169. The maximum absolute atomic E-state index is 13.4. The second-order valence-corrected chi connectivity index (χ2v) is 15.9. The van der Waals surface area contributed by atoms with Crippen LogP contribution in [-0.4, -0.2) is 50.2 Å². The molecule has 34 heavy (non-hydrogen) atoms. The average molecular weight is 502 g/mol. The molecular weight excluding hydrogens is 470 g/mol. The van der Waals surface area contributed by atoms with Gasteiger partial charge in [0.25, 0.3) is 5.91 Å². The molecule has 9 heteroatoms. The summed E-state index contributed by atoms with van der Waals surface area (Å²) >= 11 is 6.22. The lowest BCUT2D eigenvalue weighted by Gasteiger charge is -2.23. The van der Waals surface area contributed by atoms with E-state index in [-0.39, 0.29) is 18.9 Å². The predicted molar refractivity (Wildman–Crippen MR) is 136 cm³/mol. The SMILES string of the molecule is C[Si](C)(C)CCOCN1C(=O)/C(=C/c2ncc(Cl)cc2COC2CCCCO2)c2cccnc21. The van der Waals surface area contributed by atoms with Crippen molar-refractivity contribution in [3.63, 3.8) is 0 Å². The minimum atomic E-state index is -1.21. The third-order valence-corrected chi connectivity index (χ3v) is 7.75. The van der Waals surface area contributed by atoms with Crippen molar-refractivity contribution >= 4 is 43.0 Å². The Morgan fingerprint density at radius 3 is 2.91 bits per heavy atom. The summed E-state index contributed by atoms with van der Waals surface area (Å²) in [5, 5.41) is 0.516. The Kier molecular flexibility index (Phi) is 8.16. The normalized spacial score (nSPS) is 19.6. The molecule has 2 aromatic rings. The molecule has 4 heterocycles. The second-order valence-electron chi connectivity index (χ2n) is 9.82. The van der Waals surface area contributed by atoms with Crippen LogP contribution in [0.5, 0.6) is 0 Å². The van der Waals surface area contributed by atoms with Crippen LogP contribution in [0.4, 0.5) is 5.82 Å². The second kappa shape index (κ2) is 11.1. The van der Waals surface area contributed by atoms with Crippen LogP contribution >= 0.6 is 11.6 Å². The molecule has 1 atom stereocenters. The zero-order valence-electron chi connectivity index (χ0n) is 20.1. The quantitative estimate of drug-likeness (QED) is 0.261. The molecule has 2 aliphatic heterocycles. The standard InChI is InChI=1S/C25H32ClN3O4Si/c1-34(2,3)12-11-31-17-29-24-20(7-6-9-27-24)21(25(29)30)14-22-18(13-19(26)15-28-22)16-33-23-8-4-5-10-32-23/h6-7,9,13-15,23H,4-5,8,10-12,16-17H2,1-3H3/b21-14+. The van der Waals surface area contributed by atoms with E-state index in [0.29, 0.717) is 41.9 Å². The topological polar surface area (TPSA) is 73.8 Å². The van der Waals surface area contributed by atoms with Crippen molar-refractivity contribution in [3.8, 4) is 0 Å². The van der Waals surface area contributed by atoms with Crippen molar-refractivity contribution in [1.29, 1.82) is 0 Å². The molecule has 0 radical (unpaired) electrons. The molecule has 0 aliphatic carbocycles. The molecule has 182 valence electrons. The van der Waals surface area contributed by atoms with E-state index in [9.17, 15) is 4.79 Å². The molecule has 7 nitrogen and oxygen atoms in total. The van der Waals surface area contributed by atoms with Crippen molar-refractivity contribution in [1.82, 2.24) is 9.97 Å². The molecule has 4 rings (SSSR count). The van der Waals surface area contributed by atoms with E-state index in [1.165, 1.54) is 0 Å². The zero-order valence-corrected chi connectivity index (χ0v) is 21.8. The van der Waals surface area contributed by atoms with Gasteiger partial charge in [-0.3, -0.25) is 14.7 Å². The van der Waals surface area contributed by atoms with Crippen LogP contribution in [0.15, 0.2) is 30.6 Å². The summed E-state index contributed by atoms with van der Waals surface area (Å²) in [6, 6.07) is 6.59. The first kappa shape index (κ1) is 25.0. The zero-order chi connectivity index (χ0) is 24.1. The number of ether oxygens (including phenoxy) is 3. The summed E-state index contributed by atoms with van der Waals surface area (Å²) in [6.45, 7) is 8.72. The highest BCUT2D eigenvalue weighted by atomic mass is 35.5. The van der Waals surface area contributed by atoms with E-state index >= 15 is 0 Å². The van der Waals surface area contributed by atoms with Gasteiger partial charge in [0.2, 0.25) is 0 Å². The first-order valence-electron chi connectivity index (χ1n) is 11.8. The van der Waals surface area contributed by atoms with Crippen molar-refractivity contribution < 1.29 is 19.0 Å². The van der Waals surface area contributed by atoms with Crippen molar-refractivity contribution in [2.75, 3.05) is 24.8 Å². The van der Waals surface area contributed by atoms with Gasteiger partial charge in [-0.25, -0.2) is 4.98 Å². The number of halogens is 1. The van der Waals surface area contributed by atoms with Crippen LogP contribution < -0.4 is 4.90 Å². The fraction of sp³-hybridized carbons (Fsp3) is 0.480. The summed E-state index contributed by atoms with van der Waals surface area (Å²) in [7, 11) is -1.21. The molecule has 1 saturated heterocycles. The van der Waals surface area contributed by atoms with E-state index in [1.807, 2.05) is 18.2 Å². The third-order valence-electron chi connectivity index (χ3n) is 5.84. The largest absolute Gasteiger partial charge is 0.361 e. The molecular formula is C25H32ClN3O4Si. The Balaban J connectivity index is 1.54. The van der Waals surface area contributed by atoms with Crippen LogP contribution in [0, 0.1) is 0 Å². The maximum atomic E-state index is 13.4. The Labute approximate surface area is 207 Å². The summed E-state index contributed by atoms with van der Waals surface area (Å²) in [5.74, 6) is 0.454. The Morgan fingerprint density at radius 1 is 1.29 bits per heavy atom. The fourth-order valence-electron chi connectivity index (χ4n) is 3.87. The number of anilines is 1. The molecule has 0 spiro atoms. The summed E-state index contributed by atoms with van der Waals surface area (Å²) < 4.78 is 17.5. The number of hydrogen-bond donors (Lipinski definition) is 0. The number of nitrogens with zero attached hydrogens (tertiary/aromatic N) is 3. The van der Waals surface area contributed by atoms with Crippen molar-refractivity contribution in [2.24, 2.45) is 0 Å². The number of amides is 1. The molecule has 1 unspecified atom stereocenters. The molecule has 0 saturated carbocycles. The highest BCUT2D eigenvalue weighted by molar-refractivity contribution is 6.76. The molecule has 0 aromatic carbocycles. The van der Waals surface area contributed by atoms with E-state index in [4.69, 9.17) is 25.8 Å². The Bertz CT molecular complexity index is 1050. The minimum absolute atomic E-state index is 0.152. The van der Waals surface area contributed by atoms with Gasteiger partial charge in [-0.2, -0.15) is 0 Å². The van der Waals surface area contributed by atoms with Crippen LogP contribution in [0.1, 0.15) is 36.1 Å². The summed E-state index contributed by atoms with van der Waals surface area (Å²) in [5.41, 5.74) is 2.74. The fourth-order valence-corrected chi connectivity index (χ4v) is 4.81. The van der Waals surface area contributed by atoms with E-state index in [0.717, 1.165) is 36.4 Å². The first-order chi connectivity index (χ1) is 16.3. The number of fused-ring (bicyclic) bond motifs is 1. The minimum Gasteiger partial charge on any atom is -0.361 e. The third kappa shape index (κ3) is 6.31. The average Bonchev–Trinajstić information content (AvgIpc) is 3.07. The number of rotatable bonds is 9. The van der Waals surface area contributed by atoms with E-state index in [2.05, 4.69) is 29.6 Å². The molecule has 0 bridgehead atoms. The van der Waals surface area contributed by atoms with Gasteiger partial charge < -0.3 is 14.2 Å². The highest BCUT2D eigenvalue weighted by Gasteiger charge is 2.34.